The molecule has 1 fully saturated rings. The maximum atomic E-state index is 12.7. The fourth-order valence-electron chi connectivity index (χ4n) is 2.96. The number of carbonyl (C=O) groups is 1. The molecule has 2 aromatic carbocycles. The highest BCUT2D eigenvalue weighted by atomic mass is 16.7. The van der Waals surface area contributed by atoms with Gasteiger partial charge in [0.1, 0.15) is 12.4 Å². The molecular weight excluding hydrogens is 322 g/mol. The molecule has 6 heteroatoms. The van der Waals surface area contributed by atoms with Gasteiger partial charge in [-0.05, 0) is 17.7 Å². The maximum absolute atomic E-state index is 12.7. The van der Waals surface area contributed by atoms with E-state index in [-0.39, 0.29) is 12.7 Å². The summed E-state index contributed by atoms with van der Waals surface area (Å²) >= 11 is 0. The quantitative estimate of drug-likeness (QED) is 0.859. The number of rotatable bonds is 3. The van der Waals surface area contributed by atoms with Gasteiger partial charge in [-0.3, -0.25) is 4.90 Å². The molecule has 1 atom stereocenters. The Morgan fingerprint density at radius 3 is 2.56 bits per heavy atom. The number of carbonyl (C=O) groups excluding carboxylic acids is 1. The van der Waals surface area contributed by atoms with E-state index in [0.29, 0.717) is 31.2 Å². The largest absolute Gasteiger partial charge is 0.481 e. The summed E-state index contributed by atoms with van der Waals surface area (Å²) in [6, 6.07) is 17.0. The summed E-state index contributed by atoms with van der Waals surface area (Å²) in [5.41, 5.74) is 1.63. The molecule has 6 nitrogen and oxygen atoms in total. The van der Waals surface area contributed by atoms with Crippen LogP contribution in [0.25, 0.3) is 0 Å². The highest BCUT2D eigenvalue weighted by Crippen LogP contribution is 2.35. The van der Waals surface area contributed by atoms with Gasteiger partial charge in [-0.25, -0.2) is 4.79 Å². The van der Waals surface area contributed by atoms with Crippen LogP contribution in [-0.2, 0) is 20.8 Å². The first-order valence-electron chi connectivity index (χ1n) is 8.28. The number of ether oxygens (including phenoxy) is 4. The van der Waals surface area contributed by atoms with Crippen LogP contribution in [0.1, 0.15) is 5.56 Å². The van der Waals surface area contributed by atoms with Crippen molar-refractivity contribution in [2.75, 3.05) is 24.7 Å². The van der Waals surface area contributed by atoms with Crippen LogP contribution in [0.3, 0.4) is 0 Å². The molecule has 130 valence electrons. The van der Waals surface area contributed by atoms with E-state index >= 15 is 0 Å². The van der Waals surface area contributed by atoms with Crippen LogP contribution in [0.2, 0.25) is 0 Å². The summed E-state index contributed by atoms with van der Waals surface area (Å²) in [5, 5.41) is 0. The van der Waals surface area contributed by atoms with E-state index in [0.717, 1.165) is 5.56 Å². The second-order valence-corrected chi connectivity index (χ2v) is 5.88. The van der Waals surface area contributed by atoms with Crippen molar-refractivity contribution < 1.29 is 23.7 Å². The van der Waals surface area contributed by atoms with Crippen LogP contribution in [0.5, 0.6) is 5.75 Å². The molecule has 2 aliphatic heterocycles. The van der Waals surface area contributed by atoms with Crippen LogP contribution >= 0.6 is 0 Å². The number of anilines is 1. The Bertz CT molecular complexity index is 730. The molecule has 1 saturated heterocycles. The predicted octanol–water partition coefficient (Wildman–Crippen LogP) is 2.96. The number of hydrogen-bond donors (Lipinski definition) is 0. The van der Waals surface area contributed by atoms with Crippen molar-refractivity contribution >= 4 is 11.8 Å². The maximum Gasteiger partial charge on any atom is 0.414 e. The second kappa shape index (κ2) is 7.13. The SMILES string of the molecule is O=C(OCc1ccccc1)N1CC(C2OCCO2)Oc2ccccc21. The average Bonchev–Trinajstić information content (AvgIpc) is 3.21. The third-order valence-electron chi connectivity index (χ3n) is 4.17. The molecule has 2 aliphatic rings. The number of para-hydroxylation sites is 2. The monoisotopic (exact) mass is 341 g/mol. The Labute approximate surface area is 145 Å². The van der Waals surface area contributed by atoms with Crippen molar-refractivity contribution in [2.24, 2.45) is 0 Å². The van der Waals surface area contributed by atoms with E-state index in [4.69, 9.17) is 18.9 Å². The van der Waals surface area contributed by atoms with Crippen molar-refractivity contribution in [3.8, 4) is 5.75 Å². The molecular formula is C19H19NO5. The zero-order valence-electron chi connectivity index (χ0n) is 13.7. The molecule has 1 unspecified atom stereocenters. The smallest absolute Gasteiger partial charge is 0.414 e. The number of fused-ring (bicyclic) bond motifs is 1. The molecule has 0 saturated carbocycles. The Balaban J connectivity index is 1.51. The van der Waals surface area contributed by atoms with Crippen LogP contribution in [0.4, 0.5) is 10.5 Å². The molecule has 0 aromatic heterocycles. The van der Waals surface area contributed by atoms with Crippen LogP contribution < -0.4 is 9.64 Å². The van der Waals surface area contributed by atoms with E-state index in [1.807, 2.05) is 54.6 Å². The van der Waals surface area contributed by atoms with Gasteiger partial charge < -0.3 is 18.9 Å². The molecule has 0 aliphatic carbocycles. The lowest BCUT2D eigenvalue weighted by Crippen LogP contribution is -2.49. The van der Waals surface area contributed by atoms with E-state index in [1.54, 1.807) is 4.90 Å². The van der Waals surface area contributed by atoms with Crippen molar-refractivity contribution in [2.45, 2.75) is 19.0 Å². The summed E-state index contributed by atoms with van der Waals surface area (Å²) in [6.45, 7) is 1.60. The summed E-state index contributed by atoms with van der Waals surface area (Å²) in [5.74, 6) is 0.620. The van der Waals surface area contributed by atoms with Crippen LogP contribution in [0.15, 0.2) is 54.6 Å². The molecule has 2 heterocycles. The van der Waals surface area contributed by atoms with E-state index in [1.165, 1.54) is 0 Å². The Morgan fingerprint density at radius 2 is 1.76 bits per heavy atom. The number of hydrogen-bond acceptors (Lipinski definition) is 5. The zero-order valence-corrected chi connectivity index (χ0v) is 13.7. The lowest BCUT2D eigenvalue weighted by atomic mass is 10.2. The third-order valence-corrected chi connectivity index (χ3v) is 4.17. The lowest BCUT2D eigenvalue weighted by molar-refractivity contribution is -0.109. The lowest BCUT2D eigenvalue weighted by Gasteiger charge is -2.35. The molecule has 0 radical (unpaired) electrons. The minimum Gasteiger partial charge on any atom is -0.481 e. The molecule has 4 rings (SSSR count). The topological polar surface area (TPSA) is 57.2 Å². The predicted molar refractivity (Wildman–Crippen MR) is 90.5 cm³/mol. The van der Waals surface area contributed by atoms with Crippen molar-refractivity contribution in [3.63, 3.8) is 0 Å². The normalized spacial score (nSPS) is 20.0. The van der Waals surface area contributed by atoms with Gasteiger partial charge in [0, 0.05) is 0 Å². The van der Waals surface area contributed by atoms with E-state index in [9.17, 15) is 4.79 Å². The molecule has 25 heavy (non-hydrogen) atoms. The van der Waals surface area contributed by atoms with E-state index < -0.39 is 12.4 Å². The minimum atomic E-state index is -0.474. The first-order chi connectivity index (χ1) is 12.3. The highest BCUT2D eigenvalue weighted by Gasteiger charge is 2.37. The summed E-state index contributed by atoms with van der Waals surface area (Å²) in [4.78, 5) is 14.2. The first kappa shape index (κ1) is 15.9. The second-order valence-electron chi connectivity index (χ2n) is 5.88. The van der Waals surface area contributed by atoms with Gasteiger partial charge in [-0.2, -0.15) is 0 Å². The average molecular weight is 341 g/mol. The van der Waals surface area contributed by atoms with E-state index in [2.05, 4.69) is 0 Å². The van der Waals surface area contributed by atoms with Crippen LogP contribution in [-0.4, -0.2) is 38.2 Å². The first-order valence-corrected chi connectivity index (χ1v) is 8.28. The fourth-order valence-corrected chi connectivity index (χ4v) is 2.96. The van der Waals surface area contributed by atoms with Gasteiger partial charge in [0.05, 0.1) is 25.4 Å². The highest BCUT2D eigenvalue weighted by molar-refractivity contribution is 5.90. The minimum absolute atomic E-state index is 0.223. The number of benzene rings is 2. The van der Waals surface area contributed by atoms with Gasteiger partial charge >= 0.3 is 6.09 Å². The summed E-state index contributed by atoms with van der Waals surface area (Å²) in [7, 11) is 0. The van der Waals surface area contributed by atoms with Gasteiger partial charge in [0.2, 0.25) is 0 Å². The number of amides is 1. The standard InChI is InChI=1S/C19H19NO5/c21-19(24-13-14-6-2-1-3-7-14)20-12-17(18-22-10-11-23-18)25-16-9-5-4-8-15(16)20/h1-9,17-18H,10-13H2. The molecule has 0 N–H and O–H groups in total. The summed E-state index contributed by atoms with van der Waals surface area (Å²) in [6.07, 6.45) is -1.28. The summed E-state index contributed by atoms with van der Waals surface area (Å²) < 4.78 is 22.5. The zero-order chi connectivity index (χ0) is 17.1. The number of nitrogens with zero attached hydrogens (tertiary/aromatic N) is 1. The Hall–Kier alpha value is -2.57. The fraction of sp³-hybridized carbons (Fsp3) is 0.316. The molecule has 0 spiro atoms. The van der Waals surface area contributed by atoms with Crippen molar-refractivity contribution in [1.29, 1.82) is 0 Å². The van der Waals surface area contributed by atoms with Gasteiger partial charge in [0.25, 0.3) is 0 Å². The molecule has 0 bridgehead atoms. The van der Waals surface area contributed by atoms with Crippen molar-refractivity contribution in [3.05, 3.63) is 60.2 Å². The van der Waals surface area contributed by atoms with Crippen LogP contribution in [0, 0.1) is 0 Å². The van der Waals surface area contributed by atoms with Crippen molar-refractivity contribution in [1.82, 2.24) is 0 Å². The Morgan fingerprint density at radius 1 is 1.04 bits per heavy atom. The third kappa shape index (κ3) is 3.45. The van der Waals surface area contributed by atoms with Gasteiger partial charge in [0.15, 0.2) is 12.4 Å². The molecule has 1 amide bonds. The molecule has 2 aromatic rings. The Kier molecular flexibility index (Phi) is 4.54. The van der Waals surface area contributed by atoms with Gasteiger partial charge in [-0.15, -0.1) is 0 Å². The van der Waals surface area contributed by atoms with Gasteiger partial charge in [-0.1, -0.05) is 42.5 Å².